The van der Waals surface area contributed by atoms with Crippen LogP contribution in [0.5, 0.6) is 0 Å². The molecule has 0 radical (unpaired) electrons. The van der Waals surface area contributed by atoms with Crippen molar-refractivity contribution in [3.05, 3.63) is 47.7 Å². The Morgan fingerprint density at radius 2 is 1.80 bits per heavy atom. The molecule has 106 valence electrons. The van der Waals surface area contributed by atoms with Gasteiger partial charge in [-0.3, -0.25) is 0 Å². The molecule has 0 atom stereocenters. The van der Waals surface area contributed by atoms with Crippen LogP contribution in [0.3, 0.4) is 0 Å². The van der Waals surface area contributed by atoms with Crippen LogP contribution in [0.4, 0.5) is 11.5 Å². The van der Waals surface area contributed by atoms with Crippen LogP contribution in [-0.4, -0.2) is 13.4 Å². The molecule has 5 N–H and O–H groups in total. The summed E-state index contributed by atoms with van der Waals surface area (Å²) >= 11 is 0. The number of aryl methyl sites for hydroxylation is 1. The fourth-order valence-electron chi connectivity index (χ4n) is 1.69. The molecule has 0 aliphatic rings. The third-order valence-electron chi connectivity index (χ3n) is 2.78. The minimum Gasteiger partial charge on any atom is -0.396 e. The van der Waals surface area contributed by atoms with E-state index in [1.54, 1.807) is 18.2 Å². The third kappa shape index (κ3) is 3.46. The molecule has 2 rings (SSSR count). The molecule has 0 saturated carbocycles. The summed E-state index contributed by atoms with van der Waals surface area (Å²) in [6.07, 6.45) is 0. The number of sulfonamides is 1. The normalized spacial score (nSPS) is 11.3. The molecule has 0 saturated heterocycles. The molecule has 2 aromatic rings. The van der Waals surface area contributed by atoms with E-state index >= 15 is 0 Å². The van der Waals surface area contributed by atoms with Crippen LogP contribution >= 0.6 is 0 Å². The number of pyridine rings is 1. The van der Waals surface area contributed by atoms with Crippen molar-refractivity contribution in [3.63, 3.8) is 0 Å². The molecule has 0 bridgehead atoms. The Kier molecular flexibility index (Phi) is 3.91. The molecule has 0 aliphatic carbocycles. The number of anilines is 2. The van der Waals surface area contributed by atoms with Crippen LogP contribution in [-0.2, 0) is 16.6 Å². The first-order valence-electron chi connectivity index (χ1n) is 5.95. The smallest absolute Gasteiger partial charge is 0.238 e. The van der Waals surface area contributed by atoms with E-state index in [-0.39, 0.29) is 4.90 Å². The van der Waals surface area contributed by atoms with Gasteiger partial charge in [-0.1, -0.05) is 12.1 Å². The van der Waals surface area contributed by atoms with Crippen molar-refractivity contribution >= 4 is 21.5 Å². The third-order valence-corrected chi connectivity index (χ3v) is 3.71. The average Bonchev–Trinajstić information content (AvgIpc) is 2.39. The minimum absolute atomic E-state index is 0.0921. The van der Waals surface area contributed by atoms with Gasteiger partial charge in [0.25, 0.3) is 0 Å². The molecular formula is C13H16N4O2S. The molecule has 7 heteroatoms. The van der Waals surface area contributed by atoms with E-state index in [1.807, 2.05) is 13.0 Å². The van der Waals surface area contributed by atoms with Gasteiger partial charge in [-0.2, -0.15) is 0 Å². The number of hydrogen-bond acceptors (Lipinski definition) is 5. The summed E-state index contributed by atoms with van der Waals surface area (Å²) in [5.74, 6) is 0.612. The zero-order chi connectivity index (χ0) is 14.8. The van der Waals surface area contributed by atoms with Gasteiger partial charge in [0.15, 0.2) is 0 Å². The van der Waals surface area contributed by atoms with E-state index in [4.69, 9.17) is 10.9 Å². The summed E-state index contributed by atoms with van der Waals surface area (Å²) in [4.78, 5) is 4.38. The van der Waals surface area contributed by atoms with Gasteiger partial charge in [0.2, 0.25) is 10.0 Å². The van der Waals surface area contributed by atoms with Crippen LogP contribution in [0.1, 0.15) is 11.3 Å². The van der Waals surface area contributed by atoms with E-state index in [0.29, 0.717) is 18.1 Å². The maximum Gasteiger partial charge on any atom is 0.238 e. The van der Waals surface area contributed by atoms with Crippen molar-refractivity contribution in [2.24, 2.45) is 5.14 Å². The van der Waals surface area contributed by atoms with E-state index in [1.165, 1.54) is 12.1 Å². The quantitative estimate of drug-likeness (QED) is 0.785. The van der Waals surface area contributed by atoms with Crippen LogP contribution in [0.25, 0.3) is 0 Å². The van der Waals surface area contributed by atoms with Crippen molar-refractivity contribution in [2.45, 2.75) is 18.4 Å². The maximum atomic E-state index is 11.1. The van der Waals surface area contributed by atoms with Gasteiger partial charge in [0.05, 0.1) is 10.6 Å². The van der Waals surface area contributed by atoms with Crippen molar-refractivity contribution in [1.82, 2.24) is 4.98 Å². The minimum atomic E-state index is -3.65. The van der Waals surface area contributed by atoms with Crippen molar-refractivity contribution in [1.29, 1.82) is 0 Å². The van der Waals surface area contributed by atoms with Crippen molar-refractivity contribution in [2.75, 3.05) is 11.1 Å². The molecular weight excluding hydrogens is 276 g/mol. The number of nitrogens with one attached hydrogen (secondary N) is 1. The van der Waals surface area contributed by atoms with Crippen LogP contribution in [0, 0.1) is 6.92 Å². The topological polar surface area (TPSA) is 111 Å². The zero-order valence-corrected chi connectivity index (χ0v) is 11.8. The van der Waals surface area contributed by atoms with E-state index < -0.39 is 10.0 Å². The molecule has 6 nitrogen and oxygen atoms in total. The maximum absolute atomic E-state index is 11.1. The summed E-state index contributed by atoms with van der Waals surface area (Å²) in [5.41, 5.74) is 8.15. The molecule has 20 heavy (non-hydrogen) atoms. The largest absolute Gasteiger partial charge is 0.396 e. The lowest BCUT2D eigenvalue weighted by Gasteiger charge is -2.09. The predicted octanol–water partition coefficient (Wildman–Crippen LogP) is 1.23. The monoisotopic (exact) mass is 292 g/mol. The molecule has 1 heterocycles. The summed E-state index contributed by atoms with van der Waals surface area (Å²) in [7, 11) is -3.65. The Morgan fingerprint density at radius 3 is 2.40 bits per heavy atom. The lowest BCUT2D eigenvalue weighted by Crippen LogP contribution is -2.12. The van der Waals surface area contributed by atoms with Crippen molar-refractivity contribution < 1.29 is 8.42 Å². The first kappa shape index (κ1) is 14.3. The highest BCUT2D eigenvalue weighted by Gasteiger charge is 2.07. The number of nitrogens with two attached hydrogens (primary N) is 2. The standard InChI is InChI=1S/C13H16N4O2S/c1-9-2-7-12(14)13(17-9)16-8-10-3-5-11(6-4-10)20(15,18)19/h2-7H,8,14H2,1H3,(H,16,17)(H2,15,18,19). The Balaban J connectivity index is 2.10. The predicted molar refractivity (Wildman–Crippen MR) is 78.5 cm³/mol. The Labute approximate surface area is 117 Å². The highest BCUT2D eigenvalue weighted by molar-refractivity contribution is 7.89. The lowest BCUT2D eigenvalue weighted by molar-refractivity contribution is 0.598. The first-order chi connectivity index (χ1) is 9.36. The molecule has 0 aliphatic heterocycles. The SMILES string of the molecule is Cc1ccc(N)c(NCc2ccc(S(N)(=O)=O)cc2)n1. The zero-order valence-electron chi connectivity index (χ0n) is 11.0. The van der Waals surface area contributed by atoms with Gasteiger partial charge in [0, 0.05) is 12.2 Å². The van der Waals surface area contributed by atoms with Crippen LogP contribution in [0.15, 0.2) is 41.3 Å². The molecule has 1 aromatic heterocycles. The number of primary sulfonamides is 1. The second-order valence-corrected chi connectivity index (χ2v) is 5.99. The summed E-state index contributed by atoms with van der Waals surface area (Å²) in [5, 5.41) is 8.15. The van der Waals surface area contributed by atoms with Gasteiger partial charge < -0.3 is 11.1 Å². The number of hydrogen-bond donors (Lipinski definition) is 3. The van der Waals surface area contributed by atoms with E-state index in [9.17, 15) is 8.42 Å². The second kappa shape index (κ2) is 5.48. The van der Waals surface area contributed by atoms with E-state index in [2.05, 4.69) is 10.3 Å². The van der Waals surface area contributed by atoms with Gasteiger partial charge in [-0.05, 0) is 36.8 Å². The Bertz CT molecular complexity index is 712. The fourth-order valence-corrected chi connectivity index (χ4v) is 2.21. The first-order valence-corrected chi connectivity index (χ1v) is 7.49. The van der Waals surface area contributed by atoms with Gasteiger partial charge >= 0.3 is 0 Å². The van der Waals surface area contributed by atoms with Gasteiger partial charge in [-0.25, -0.2) is 18.5 Å². The number of benzene rings is 1. The highest BCUT2D eigenvalue weighted by atomic mass is 32.2. The number of nitrogen functional groups attached to an aromatic ring is 1. The summed E-state index contributed by atoms with van der Waals surface area (Å²) in [6.45, 7) is 2.37. The summed E-state index contributed by atoms with van der Waals surface area (Å²) in [6, 6.07) is 9.95. The van der Waals surface area contributed by atoms with Gasteiger partial charge in [0.1, 0.15) is 5.82 Å². The Hall–Kier alpha value is -2.12. The summed E-state index contributed by atoms with van der Waals surface area (Å²) < 4.78 is 22.3. The molecule has 0 unspecified atom stereocenters. The second-order valence-electron chi connectivity index (χ2n) is 4.43. The molecule has 1 aromatic carbocycles. The van der Waals surface area contributed by atoms with E-state index in [0.717, 1.165) is 11.3 Å². The highest BCUT2D eigenvalue weighted by Crippen LogP contribution is 2.17. The van der Waals surface area contributed by atoms with Crippen molar-refractivity contribution in [3.8, 4) is 0 Å². The number of rotatable bonds is 4. The number of aromatic nitrogens is 1. The van der Waals surface area contributed by atoms with Crippen LogP contribution in [0.2, 0.25) is 0 Å². The molecule has 0 spiro atoms. The van der Waals surface area contributed by atoms with Gasteiger partial charge in [-0.15, -0.1) is 0 Å². The fraction of sp³-hybridized carbons (Fsp3) is 0.154. The molecule has 0 fully saturated rings. The van der Waals surface area contributed by atoms with Crippen LogP contribution < -0.4 is 16.2 Å². The lowest BCUT2D eigenvalue weighted by atomic mass is 10.2. The molecule has 0 amide bonds. The number of nitrogens with zero attached hydrogens (tertiary/aromatic N) is 1. The average molecular weight is 292 g/mol. The Morgan fingerprint density at radius 1 is 1.15 bits per heavy atom.